The summed E-state index contributed by atoms with van der Waals surface area (Å²) in [6, 6.07) is 9.39. The second-order valence-electron chi connectivity index (χ2n) is 11.0. The fourth-order valence-corrected chi connectivity index (χ4v) is 5.62. The van der Waals surface area contributed by atoms with Gasteiger partial charge in [-0.25, -0.2) is 4.98 Å². The summed E-state index contributed by atoms with van der Waals surface area (Å²) in [5.74, 6) is 0.864. The lowest BCUT2D eigenvalue weighted by molar-refractivity contribution is -0.143. The highest BCUT2D eigenvalue weighted by Crippen LogP contribution is 2.36. The molecule has 6 nitrogen and oxygen atoms in total. The lowest BCUT2D eigenvalue weighted by Gasteiger charge is -2.36. The molecule has 0 bridgehead atoms. The maximum absolute atomic E-state index is 13.3. The molecule has 1 amide bonds. The first-order valence-corrected chi connectivity index (χ1v) is 14.0. The highest BCUT2D eigenvalue weighted by Gasteiger charge is 2.37. The number of anilines is 1. The number of halogens is 6. The van der Waals surface area contributed by atoms with Crippen molar-refractivity contribution >= 4 is 22.6 Å². The second kappa shape index (κ2) is 12.1. The molecule has 1 N–H and O–H groups in total. The number of hydrogen-bond donors (Lipinski definition) is 1. The molecule has 1 aromatic heterocycles. The lowest BCUT2D eigenvalue weighted by atomic mass is 10.0. The van der Waals surface area contributed by atoms with E-state index in [9.17, 15) is 31.1 Å². The highest BCUT2D eigenvalue weighted by atomic mass is 19.4. The SMILES string of the molecule is Cc1cccc2cc(CNCc3cc(C(F)(F)F)cc(C(F)(F)F)c3)c(N3CCN(CC(=O)N4CCCC4)CC3)nc12. The summed E-state index contributed by atoms with van der Waals surface area (Å²) in [7, 11) is 0. The number of para-hydroxylation sites is 1. The minimum atomic E-state index is -4.90. The van der Waals surface area contributed by atoms with Gasteiger partial charge in [0.05, 0.1) is 23.2 Å². The average molecular weight is 594 g/mol. The molecule has 0 spiro atoms. The van der Waals surface area contributed by atoms with Gasteiger partial charge >= 0.3 is 12.4 Å². The Hall–Kier alpha value is -3.38. The van der Waals surface area contributed by atoms with Gasteiger partial charge in [-0.05, 0) is 55.2 Å². The van der Waals surface area contributed by atoms with Gasteiger partial charge in [-0.15, -0.1) is 0 Å². The van der Waals surface area contributed by atoms with E-state index in [1.54, 1.807) is 0 Å². The normalized spacial score (nSPS) is 16.9. The fourth-order valence-electron chi connectivity index (χ4n) is 5.62. The Kier molecular flexibility index (Phi) is 8.66. The maximum Gasteiger partial charge on any atom is 0.416 e. The average Bonchev–Trinajstić information content (AvgIpc) is 3.48. The zero-order chi connectivity index (χ0) is 30.1. The second-order valence-corrected chi connectivity index (χ2v) is 11.0. The molecular weight excluding hydrogens is 560 g/mol. The number of piperazine rings is 1. The van der Waals surface area contributed by atoms with Crippen LogP contribution in [0.4, 0.5) is 32.2 Å². The number of fused-ring (bicyclic) bond motifs is 1. The zero-order valence-electron chi connectivity index (χ0n) is 23.3. The molecule has 12 heteroatoms. The Morgan fingerprint density at radius 2 is 1.50 bits per heavy atom. The van der Waals surface area contributed by atoms with E-state index in [0.29, 0.717) is 32.7 Å². The number of hydrogen-bond acceptors (Lipinski definition) is 5. The summed E-state index contributed by atoms with van der Waals surface area (Å²) in [4.78, 5) is 23.7. The lowest BCUT2D eigenvalue weighted by Crippen LogP contribution is -2.50. The molecule has 3 heterocycles. The molecule has 2 aliphatic heterocycles. The van der Waals surface area contributed by atoms with Crippen LogP contribution < -0.4 is 10.2 Å². The van der Waals surface area contributed by atoms with Gasteiger partial charge < -0.3 is 15.1 Å². The minimum absolute atomic E-state index is 0.112. The number of carbonyl (C=O) groups is 1. The number of aryl methyl sites for hydroxylation is 1. The van der Waals surface area contributed by atoms with Crippen LogP contribution in [-0.2, 0) is 30.2 Å². The summed E-state index contributed by atoms with van der Waals surface area (Å²) in [6.07, 6.45) is -7.71. The number of pyridine rings is 1. The van der Waals surface area contributed by atoms with Crippen molar-refractivity contribution in [3.63, 3.8) is 0 Å². The molecule has 2 fully saturated rings. The molecule has 0 unspecified atom stereocenters. The van der Waals surface area contributed by atoms with Crippen molar-refractivity contribution in [2.75, 3.05) is 50.7 Å². The Morgan fingerprint density at radius 1 is 0.857 bits per heavy atom. The highest BCUT2D eigenvalue weighted by molar-refractivity contribution is 5.84. The van der Waals surface area contributed by atoms with Gasteiger partial charge in [0.1, 0.15) is 5.82 Å². The van der Waals surface area contributed by atoms with Gasteiger partial charge in [0, 0.05) is 63.3 Å². The number of alkyl halides is 6. The molecule has 5 rings (SSSR count). The monoisotopic (exact) mass is 593 g/mol. The van der Waals surface area contributed by atoms with E-state index in [2.05, 4.69) is 15.1 Å². The van der Waals surface area contributed by atoms with Gasteiger partial charge in [0.25, 0.3) is 0 Å². The van der Waals surface area contributed by atoms with Crippen LogP contribution in [0.1, 0.15) is 40.7 Å². The van der Waals surface area contributed by atoms with Gasteiger partial charge in [-0.3, -0.25) is 9.69 Å². The topological polar surface area (TPSA) is 51.7 Å². The first-order chi connectivity index (χ1) is 19.9. The number of rotatable bonds is 7. The number of benzene rings is 2. The van der Waals surface area contributed by atoms with Crippen LogP contribution in [0.2, 0.25) is 0 Å². The summed E-state index contributed by atoms with van der Waals surface area (Å²) >= 11 is 0. The molecular formula is C30H33F6N5O. The standard InChI is InChI=1S/C30H33F6N5O/c1-20-5-4-6-22-15-23(18-37-17-21-13-24(29(31,32)33)16-25(14-21)30(34,35)36)28(38-27(20)22)41-11-9-39(10-12-41)19-26(42)40-7-2-3-8-40/h4-6,13-16,37H,2-3,7-12,17-19H2,1H3. The van der Waals surface area contributed by atoms with Crippen LogP contribution in [0.25, 0.3) is 10.9 Å². The number of amides is 1. The molecule has 226 valence electrons. The minimum Gasteiger partial charge on any atom is -0.354 e. The van der Waals surface area contributed by atoms with Crippen molar-refractivity contribution in [2.24, 2.45) is 0 Å². The van der Waals surface area contributed by atoms with Gasteiger partial charge in [0.2, 0.25) is 5.91 Å². The van der Waals surface area contributed by atoms with Crippen molar-refractivity contribution in [3.05, 3.63) is 70.3 Å². The Balaban J connectivity index is 1.33. The van der Waals surface area contributed by atoms with Crippen LogP contribution in [0.15, 0.2) is 42.5 Å². The van der Waals surface area contributed by atoms with Crippen LogP contribution in [0.3, 0.4) is 0 Å². The van der Waals surface area contributed by atoms with Crippen LogP contribution in [-0.4, -0.2) is 66.5 Å². The van der Waals surface area contributed by atoms with E-state index >= 15 is 0 Å². The summed E-state index contributed by atoms with van der Waals surface area (Å²) < 4.78 is 79.9. The van der Waals surface area contributed by atoms with Crippen LogP contribution in [0, 0.1) is 6.92 Å². The van der Waals surface area contributed by atoms with Crippen molar-refractivity contribution in [2.45, 2.75) is 45.2 Å². The molecule has 2 aromatic carbocycles. The third kappa shape index (κ3) is 6.97. The fraction of sp³-hybridized carbons (Fsp3) is 0.467. The van der Waals surface area contributed by atoms with E-state index in [4.69, 9.17) is 4.98 Å². The number of likely N-dealkylation sites (tertiary alicyclic amines) is 1. The molecule has 0 atom stereocenters. The van der Waals surface area contributed by atoms with E-state index < -0.39 is 23.5 Å². The molecule has 42 heavy (non-hydrogen) atoms. The quantitative estimate of drug-likeness (QED) is 0.361. The molecule has 3 aromatic rings. The van der Waals surface area contributed by atoms with Crippen molar-refractivity contribution in [3.8, 4) is 0 Å². The molecule has 0 radical (unpaired) electrons. The molecule has 2 aliphatic rings. The smallest absolute Gasteiger partial charge is 0.354 e. The largest absolute Gasteiger partial charge is 0.416 e. The molecule has 2 saturated heterocycles. The summed E-state index contributed by atoms with van der Waals surface area (Å²) in [6.45, 7) is 6.58. The van der Waals surface area contributed by atoms with E-state index in [1.807, 2.05) is 36.1 Å². The van der Waals surface area contributed by atoms with Crippen molar-refractivity contribution < 1.29 is 31.1 Å². The third-order valence-corrected chi connectivity index (χ3v) is 7.89. The predicted octanol–water partition coefficient (Wildman–Crippen LogP) is 5.62. The first kappa shape index (κ1) is 30.1. The Labute approximate surface area is 240 Å². The van der Waals surface area contributed by atoms with E-state index in [1.165, 1.54) is 0 Å². The van der Waals surface area contributed by atoms with Gasteiger partial charge in [0.15, 0.2) is 0 Å². The first-order valence-electron chi connectivity index (χ1n) is 14.0. The summed E-state index contributed by atoms with van der Waals surface area (Å²) in [5, 5.41) is 3.93. The van der Waals surface area contributed by atoms with E-state index in [0.717, 1.165) is 65.9 Å². The number of nitrogens with zero attached hydrogens (tertiary/aromatic N) is 4. The third-order valence-electron chi connectivity index (χ3n) is 7.89. The Bertz CT molecular complexity index is 1390. The van der Waals surface area contributed by atoms with Gasteiger partial charge in [-0.2, -0.15) is 26.3 Å². The number of carbonyl (C=O) groups excluding carboxylic acids is 1. The Morgan fingerprint density at radius 3 is 2.12 bits per heavy atom. The van der Waals surface area contributed by atoms with Crippen molar-refractivity contribution in [1.29, 1.82) is 0 Å². The molecule has 0 aliphatic carbocycles. The summed E-state index contributed by atoms with van der Waals surface area (Å²) in [5.41, 5.74) is -0.169. The van der Waals surface area contributed by atoms with Gasteiger partial charge in [-0.1, -0.05) is 18.2 Å². The maximum atomic E-state index is 13.3. The van der Waals surface area contributed by atoms with Crippen LogP contribution >= 0.6 is 0 Å². The predicted molar refractivity (Wildman–Crippen MR) is 148 cm³/mol. The number of nitrogens with one attached hydrogen (secondary N) is 1. The van der Waals surface area contributed by atoms with Crippen LogP contribution in [0.5, 0.6) is 0 Å². The van der Waals surface area contributed by atoms with Crippen molar-refractivity contribution in [1.82, 2.24) is 20.1 Å². The van der Waals surface area contributed by atoms with E-state index in [-0.39, 0.29) is 30.6 Å². The number of aromatic nitrogens is 1. The molecule has 0 saturated carbocycles. The zero-order valence-corrected chi connectivity index (χ0v) is 23.3.